The Labute approximate surface area is 179 Å². The van der Waals surface area contributed by atoms with Crippen molar-refractivity contribution in [1.29, 1.82) is 0 Å². The highest BCUT2D eigenvalue weighted by atomic mass is 32.2. The lowest BCUT2D eigenvalue weighted by Crippen LogP contribution is -2.55. The molecule has 0 saturated carbocycles. The van der Waals surface area contributed by atoms with E-state index in [4.69, 9.17) is 0 Å². The van der Waals surface area contributed by atoms with Crippen LogP contribution in [0.3, 0.4) is 0 Å². The minimum Gasteiger partial charge on any atom is -0.480 e. The molecule has 3 atom stereocenters. The molecule has 9 heteroatoms. The molecule has 2 saturated heterocycles. The smallest absolute Gasteiger partial charge is 0.324 e. The second kappa shape index (κ2) is 10.1. The van der Waals surface area contributed by atoms with Gasteiger partial charge >= 0.3 is 5.97 Å². The SMILES string of the molecule is CC(=O)S[C@H](Cc1ccccc1)C(=O)N[C@@H]1CC[C@H]2CCCN2N(CC(=O)O)C1=O. The molecule has 2 aliphatic heterocycles. The molecule has 0 radical (unpaired) electrons. The summed E-state index contributed by atoms with van der Waals surface area (Å²) in [6.07, 6.45) is 3.34. The highest BCUT2D eigenvalue weighted by Crippen LogP contribution is 2.28. The molecular formula is C21H27N3O5S. The van der Waals surface area contributed by atoms with Crippen LogP contribution in [0.15, 0.2) is 30.3 Å². The first-order valence-corrected chi connectivity index (χ1v) is 11.0. The molecule has 0 spiro atoms. The number of carbonyl (C=O) groups excluding carboxylic acids is 3. The van der Waals surface area contributed by atoms with Crippen LogP contribution in [-0.4, -0.2) is 68.4 Å². The molecule has 30 heavy (non-hydrogen) atoms. The number of carboxylic acid groups (broad SMARTS) is 1. The zero-order valence-electron chi connectivity index (χ0n) is 17.0. The van der Waals surface area contributed by atoms with Gasteiger partial charge in [-0.3, -0.25) is 24.2 Å². The zero-order chi connectivity index (χ0) is 21.7. The Morgan fingerprint density at radius 1 is 1.20 bits per heavy atom. The van der Waals surface area contributed by atoms with E-state index in [1.165, 1.54) is 11.9 Å². The van der Waals surface area contributed by atoms with E-state index in [1.807, 2.05) is 35.3 Å². The second-order valence-electron chi connectivity index (χ2n) is 7.68. The van der Waals surface area contributed by atoms with Crippen LogP contribution in [0.2, 0.25) is 0 Å². The van der Waals surface area contributed by atoms with E-state index in [0.29, 0.717) is 25.8 Å². The number of carbonyl (C=O) groups is 4. The average molecular weight is 434 g/mol. The standard InChI is InChI=1S/C21H27N3O5S/c1-14(25)30-18(12-15-6-3-2-4-7-15)20(28)22-17-10-9-16-8-5-11-23(16)24(21(17)29)13-19(26)27/h2-4,6-7,16-18H,5,8-13H2,1H3,(H,22,28)(H,26,27)/t16-,17-,18-/m1/s1. The molecule has 0 unspecified atom stereocenters. The Kier molecular flexibility index (Phi) is 7.49. The van der Waals surface area contributed by atoms with E-state index < -0.39 is 29.7 Å². The number of amides is 2. The van der Waals surface area contributed by atoms with Gasteiger partial charge in [-0.15, -0.1) is 0 Å². The highest BCUT2D eigenvalue weighted by Gasteiger charge is 2.41. The molecule has 8 nitrogen and oxygen atoms in total. The van der Waals surface area contributed by atoms with E-state index in [-0.39, 0.29) is 17.1 Å². The second-order valence-corrected chi connectivity index (χ2v) is 9.05. The maximum absolute atomic E-state index is 13.1. The molecule has 162 valence electrons. The van der Waals surface area contributed by atoms with Gasteiger partial charge < -0.3 is 10.4 Å². The van der Waals surface area contributed by atoms with Crippen LogP contribution >= 0.6 is 11.8 Å². The lowest BCUT2D eigenvalue weighted by molar-refractivity contribution is -0.160. The minimum atomic E-state index is -1.09. The summed E-state index contributed by atoms with van der Waals surface area (Å²) >= 11 is 0.945. The molecule has 1 aromatic carbocycles. The number of nitrogens with one attached hydrogen (secondary N) is 1. The van der Waals surface area contributed by atoms with Crippen LogP contribution in [0, 0.1) is 0 Å². The van der Waals surface area contributed by atoms with Crippen LogP contribution in [0.1, 0.15) is 38.2 Å². The number of hydrogen-bond acceptors (Lipinski definition) is 6. The molecule has 0 aromatic heterocycles. The first-order chi connectivity index (χ1) is 14.3. The van der Waals surface area contributed by atoms with E-state index in [1.54, 1.807) is 0 Å². The number of fused-ring (bicyclic) bond motifs is 1. The molecule has 2 aliphatic rings. The number of hydrogen-bond donors (Lipinski definition) is 2. The predicted octanol–water partition coefficient (Wildman–Crippen LogP) is 1.45. The number of aliphatic carboxylic acids is 1. The van der Waals surface area contributed by atoms with Gasteiger partial charge in [0.2, 0.25) is 5.91 Å². The number of rotatable bonds is 7. The van der Waals surface area contributed by atoms with E-state index in [9.17, 15) is 24.3 Å². The van der Waals surface area contributed by atoms with Crippen LogP contribution in [0.4, 0.5) is 0 Å². The summed E-state index contributed by atoms with van der Waals surface area (Å²) in [5.74, 6) is -1.87. The van der Waals surface area contributed by atoms with Crippen LogP contribution < -0.4 is 5.32 Å². The molecule has 2 heterocycles. The Morgan fingerprint density at radius 2 is 1.93 bits per heavy atom. The van der Waals surface area contributed by atoms with Crippen molar-refractivity contribution in [3.05, 3.63) is 35.9 Å². The van der Waals surface area contributed by atoms with Crippen molar-refractivity contribution in [2.75, 3.05) is 13.1 Å². The van der Waals surface area contributed by atoms with Crippen LogP contribution in [-0.2, 0) is 25.6 Å². The molecule has 1 aromatic rings. The number of hydrazine groups is 1. The number of carboxylic acids is 1. The molecule has 2 fully saturated rings. The lowest BCUT2D eigenvalue weighted by atomic mass is 10.0. The van der Waals surface area contributed by atoms with Gasteiger partial charge in [0.1, 0.15) is 12.6 Å². The summed E-state index contributed by atoms with van der Waals surface area (Å²) < 4.78 is 0. The summed E-state index contributed by atoms with van der Waals surface area (Å²) in [7, 11) is 0. The Balaban J connectivity index is 1.74. The van der Waals surface area contributed by atoms with Gasteiger partial charge in [0, 0.05) is 19.5 Å². The number of nitrogens with zero attached hydrogens (tertiary/aromatic N) is 2. The van der Waals surface area contributed by atoms with E-state index >= 15 is 0 Å². The van der Waals surface area contributed by atoms with Gasteiger partial charge in [0.15, 0.2) is 5.12 Å². The molecule has 0 aliphatic carbocycles. The third-order valence-corrected chi connectivity index (χ3v) is 6.46. The topological polar surface area (TPSA) is 107 Å². The van der Waals surface area contributed by atoms with Gasteiger partial charge in [-0.2, -0.15) is 0 Å². The Morgan fingerprint density at radius 3 is 2.60 bits per heavy atom. The normalized spacial score (nSPS) is 22.8. The van der Waals surface area contributed by atoms with Crippen molar-refractivity contribution in [3.63, 3.8) is 0 Å². The average Bonchev–Trinajstić information content (AvgIpc) is 3.12. The molecule has 3 rings (SSSR count). The Hall–Kier alpha value is -2.39. The monoisotopic (exact) mass is 433 g/mol. The van der Waals surface area contributed by atoms with Crippen molar-refractivity contribution in [2.45, 2.75) is 56.4 Å². The first kappa shape index (κ1) is 22.3. The fourth-order valence-electron chi connectivity index (χ4n) is 4.13. The maximum atomic E-state index is 13.1. The highest BCUT2D eigenvalue weighted by molar-refractivity contribution is 8.14. The van der Waals surface area contributed by atoms with Crippen molar-refractivity contribution < 1.29 is 24.3 Å². The van der Waals surface area contributed by atoms with Crippen molar-refractivity contribution in [3.8, 4) is 0 Å². The minimum absolute atomic E-state index is 0.113. The third kappa shape index (κ3) is 5.60. The van der Waals surface area contributed by atoms with Crippen molar-refractivity contribution in [1.82, 2.24) is 15.3 Å². The fraction of sp³-hybridized carbons (Fsp3) is 0.524. The predicted molar refractivity (Wildman–Crippen MR) is 112 cm³/mol. The van der Waals surface area contributed by atoms with Gasteiger partial charge in [-0.1, -0.05) is 42.1 Å². The summed E-state index contributed by atoms with van der Waals surface area (Å²) in [6.45, 7) is 1.63. The summed E-state index contributed by atoms with van der Waals surface area (Å²) in [5.41, 5.74) is 0.923. The molecule has 0 bridgehead atoms. The number of benzene rings is 1. The van der Waals surface area contributed by atoms with Crippen molar-refractivity contribution >= 4 is 34.7 Å². The number of thioether (sulfide) groups is 1. The van der Waals surface area contributed by atoms with Gasteiger partial charge in [0.05, 0.1) is 5.25 Å². The summed E-state index contributed by atoms with van der Waals surface area (Å²) in [5, 5.41) is 14.4. The van der Waals surface area contributed by atoms with Gasteiger partial charge in [-0.25, -0.2) is 5.01 Å². The Bertz CT molecular complexity index is 803. The fourth-order valence-corrected chi connectivity index (χ4v) is 4.98. The van der Waals surface area contributed by atoms with E-state index in [0.717, 1.165) is 30.2 Å². The van der Waals surface area contributed by atoms with Gasteiger partial charge in [0.25, 0.3) is 5.91 Å². The van der Waals surface area contributed by atoms with E-state index in [2.05, 4.69) is 5.32 Å². The molecule has 2 N–H and O–H groups in total. The summed E-state index contributed by atoms with van der Waals surface area (Å²) in [6, 6.07) is 8.71. The lowest BCUT2D eigenvalue weighted by Gasteiger charge is -2.33. The largest absolute Gasteiger partial charge is 0.480 e. The van der Waals surface area contributed by atoms with Gasteiger partial charge in [-0.05, 0) is 37.7 Å². The third-order valence-electron chi connectivity index (χ3n) is 5.46. The molecule has 2 amide bonds. The molecular weight excluding hydrogens is 406 g/mol. The summed E-state index contributed by atoms with van der Waals surface area (Å²) in [4.78, 5) is 49.1. The first-order valence-electron chi connectivity index (χ1n) is 10.2. The van der Waals surface area contributed by atoms with Crippen LogP contribution in [0.5, 0.6) is 0 Å². The quantitative estimate of drug-likeness (QED) is 0.670. The van der Waals surface area contributed by atoms with Crippen LogP contribution in [0.25, 0.3) is 0 Å². The van der Waals surface area contributed by atoms with Crippen molar-refractivity contribution in [2.24, 2.45) is 0 Å². The zero-order valence-corrected chi connectivity index (χ0v) is 17.8. The maximum Gasteiger partial charge on any atom is 0.324 e.